The Morgan fingerprint density at radius 1 is 1.02 bits per heavy atom. The summed E-state index contributed by atoms with van der Waals surface area (Å²) in [6, 6.07) is 8.18. The molecule has 0 saturated carbocycles. The molecular weight excluding hydrogens is 574 g/mol. The Labute approximate surface area is 246 Å². The number of likely N-dealkylation sites (tertiary alicyclic amines) is 2. The van der Waals surface area contributed by atoms with Crippen LogP contribution in [0.3, 0.4) is 0 Å². The number of carbonyl (C=O) groups excluding carboxylic acids is 2. The molecule has 1 aromatic heterocycles. The van der Waals surface area contributed by atoms with E-state index in [1.54, 1.807) is 40.0 Å². The molecule has 2 aromatic carbocycles. The third kappa shape index (κ3) is 6.99. The van der Waals surface area contributed by atoms with Crippen molar-refractivity contribution in [2.75, 3.05) is 26.2 Å². The van der Waals surface area contributed by atoms with Gasteiger partial charge >= 0.3 is 6.09 Å². The molecule has 0 spiro atoms. The van der Waals surface area contributed by atoms with E-state index in [4.69, 9.17) is 31.0 Å². The number of carbonyl (C=O) groups is 3. The summed E-state index contributed by atoms with van der Waals surface area (Å²) in [5, 5.41) is 11.7. The summed E-state index contributed by atoms with van der Waals surface area (Å²) >= 11 is 6.29. The summed E-state index contributed by atoms with van der Waals surface area (Å²) in [6.07, 6.45) is 2.89. The molecule has 0 bridgehead atoms. The molecule has 2 aliphatic heterocycles. The highest BCUT2D eigenvalue weighted by Gasteiger charge is 2.36. The Balaban J connectivity index is 0.00000129. The van der Waals surface area contributed by atoms with Gasteiger partial charge in [-0.15, -0.1) is 0 Å². The van der Waals surface area contributed by atoms with E-state index in [1.807, 2.05) is 20.8 Å². The molecule has 2 aliphatic rings. The minimum absolute atomic E-state index is 0.126. The number of nitrogens with zero attached hydrogens (tertiary/aromatic N) is 4. The van der Waals surface area contributed by atoms with Crippen molar-refractivity contribution in [2.45, 2.75) is 45.3 Å². The van der Waals surface area contributed by atoms with Gasteiger partial charge in [-0.1, -0.05) is 11.6 Å². The third-order valence-corrected chi connectivity index (χ3v) is 6.85. The quantitative estimate of drug-likeness (QED) is 0.355. The summed E-state index contributed by atoms with van der Waals surface area (Å²) in [6.45, 7) is 7.01. The van der Waals surface area contributed by atoms with Crippen LogP contribution in [0.15, 0.2) is 42.6 Å². The molecule has 3 aromatic rings. The van der Waals surface area contributed by atoms with Crippen molar-refractivity contribution in [3.63, 3.8) is 0 Å². The summed E-state index contributed by atoms with van der Waals surface area (Å²) < 4.78 is 43.0. The Morgan fingerprint density at radius 2 is 1.69 bits per heavy atom. The molecule has 0 radical (unpaired) electrons. The van der Waals surface area contributed by atoms with Crippen LogP contribution >= 0.6 is 11.6 Å². The molecule has 2 amide bonds. The summed E-state index contributed by atoms with van der Waals surface area (Å²) in [5.74, 6) is -2.39. The van der Waals surface area contributed by atoms with Gasteiger partial charge in [0.25, 0.3) is 12.4 Å². The summed E-state index contributed by atoms with van der Waals surface area (Å²) in [7, 11) is 0. The molecule has 5 rings (SSSR count). The first-order chi connectivity index (χ1) is 19.9. The van der Waals surface area contributed by atoms with Gasteiger partial charge in [0, 0.05) is 49.0 Å². The minimum Gasteiger partial charge on any atom is -0.483 e. The fourth-order valence-electron chi connectivity index (χ4n) is 4.68. The first kappa shape index (κ1) is 30.8. The molecule has 42 heavy (non-hydrogen) atoms. The first-order valence-electron chi connectivity index (χ1n) is 13.3. The Morgan fingerprint density at radius 3 is 2.33 bits per heavy atom. The van der Waals surface area contributed by atoms with E-state index in [9.17, 15) is 14.0 Å². The summed E-state index contributed by atoms with van der Waals surface area (Å²) in [5.41, 5.74) is 0.215. The van der Waals surface area contributed by atoms with E-state index >= 15 is 4.39 Å². The molecule has 1 N–H and O–H groups in total. The molecule has 13 heteroatoms. The van der Waals surface area contributed by atoms with Crippen molar-refractivity contribution in [3.05, 3.63) is 64.8 Å². The highest BCUT2D eigenvalue weighted by molar-refractivity contribution is 6.31. The lowest BCUT2D eigenvalue weighted by atomic mass is 10.1. The lowest BCUT2D eigenvalue weighted by Crippen LogP contribution is -2.52. The SMILES string of the molecule is CC(C)(C)OC(=O)N1CC(n2nccc2-c2cc(Cl)ccc2Oc2cc(F)c(C(=O)N3CCCC3)cc2F)C1.O=CO. The number of amides is 2. The molecule has 2 saturated heterocycles. The molecule has 3 heterocycles. The van der Waals surface area contributed by atoms with Gasteiger partial charge in [0.15, 0.2) is 11.6 Å². The van der Waals surface area contributed by atoms with Crippen molar-refractivity contribution in [1.29, 1.82) is 0 Å². The van der Waals surface area contributed by atoms with Crippen molar-refractivity contribution < 1.29 is 37.7 Å². The maximum absolute atomic E-state index is 15.1. The zero-order valence-corrected chi connectivity index (χ0v) is 24.1. The van der Waals surface area contributed by atoms with Gasteiger partial charge in [0.05, 0.1) is 17.3 Å². The number of hydrogen-bond donors (Lipinski definition) is 1. The van der Waals surface area contributed by atoms with Crippen LogP contribution in [0, 0.1) is 11.6 Å². The lowest BCUT2D eigenvalue weighted by molar-refractivity contribution is -0.122. The van der Waals surface area contributed by atoms with Crippen LogP contribution in [0.25, 0.3) is 11.3 Å². The Kier molecular flexibility index (Phi) is 9.35. The van der Waals surface area contributed by atoms with Crippen molar-refractivity contribution >= 4 is 30.1 Å². The van der Waals surface area contributed by atoms with Gasteiger partial charge in [-0.2, -0.15) is 5.10 Å². The van der Waals surface area contributed by atoms with Crippen molar-refractivity contribution in [2.24, 2.45) is 0 Å². The fraction of sp³-hybridized carbons (Fsp3) is 0.379. The van der Waals surface area contributed by atoms with E-state index in [0.29, 0.717) is 42.5 Å². The van der Waals surface area contributed by atoms with Crippen LogP contribution in [-0.2, 0) is 9.53 Å². The summed E-state index contributed by atoms with van der Waals surface area (Å²) in [4.78, 5) is 36.4. The molecule has 0 aliphatic carbocycles. The second-order valence-electron chi connectivity index (χ2n) is 10.8. The standard InChI is InChI=1S/C28H29ClF2N4O4.CH2O2/c1-28(2,3)39-27(37)34-15-18(16-34)35-23(8-9-32-35)20-12-17(29)6-7-24(20)38-25-14-21(30)19(13-22(25)31)26(36)33-10-4-5-11-33;2-1-3/h6-9,12-14,18H,4-5,10-11,15-16H2,1-3H3;1H,(H,2,3). The molecule has 0 unspecified atom stereocenters. The molecule has 224 valence electrons. The monoisotopic (exact) mass is 604 g/mol. The van der Waals surface area contributed by atoms with Crippen LogP contribution in [0.5, 0.6) is 11.5 Å². The molecule has 10 nitrogen and oxygen atoms in total. The second-order valence-corrected chi connectivity index (χ2v) is 11.2. The number of hydrogen-bond acceptors (Lipinski definition) is 6. The van der Waals surface area contributed by atoms with Crippen LogP contribution < -0.4 is 4.74 Å². The van der Waals surface area contributed by atoms with Gasteiger partial charge in [0.2, 0.25) is 0 Å². The number of rotatable bonds is 5. The molecular formula is C29H31ClF2N4O6. The van der Waals surface area contributed by atoms with Crippen LogP contribution in [0.2, 0.25) is 5.02 Å². The smallest absolute Gasteiger partial charge is 0.410 e. The maximum Gasteiger partial charge on any atom is 0.410 e. The highest BCUT2D eigenvalue weighted by Crippen LogP contribution is 2.39. The average Bonchev–Trinajstić information content (AvgIpc) is 3.58. The minimum atomic E-state index is -0.861. The second kappa shape index (κ2) is 12.8. The van der Waals surface area contributed by atoms with Crippen molar-refractivity contribution in [1.82, 2.24) is 19.6 Å². The highest BCUT2D eigenvalue weighted by atomic mass is 35.5. The van der Waals surface area contributed by atoms with E-state index in [2.05, 4.69) is 5.10 Å². The first-order valence-corrected chi connectivity index (χ1v) is 13.6. The van der Waals surface area contributed by atoms with E-state index < -0.39 is 29.2 Å². The third-order valence-electron chi connectivity index (χ3n) is 6.61. The van der Waals surface area contributed by atoms with E-state index in [0.717, 1.165) is 25.0 Å². The van der Waals surface area contributed by atoms with Gasteiger partial charge in [-0.05, 0) is 63.9 Å². The lowest BCUT2D eigenvalue weighted by Gasteiger charge is -2.40. The van der Waals surface area contributed by atoms with E-state index in [-0.39, 0.29) is 29.6 Å². The van der Waals surface area contributed by atoms with Crippen LogP contribution in [0.1, 0.15) is 50.0 Å². The van der Waals surface area contributed by atoms with Gasteiger partial charge in [0.1, 0.15) is 17.2 Å². The van der Waals surface area contributed by atoms with Gasteiger partial charge < -0.3 is 24.4 Å². The Hall–Kier alpha value is -4.19. The topological polar surface area (TPSA) is 114 Å². The zero-order valence-electron chi connectivity index (χ0n) is 23.3. The van der Waals surface area contributed by atoms with Gasteiger partial charge in [-0.25, -0.2) is 13.6 Å². The molecule has 0 atom stereocenters. The number of aromatic nitrogens is 2. The van der Waals surface area contributed by atoms with Gasteiger partial charge in [-0.3, -0.25) is 14.3 Å². The van der Waals surface area contributed by atoms with Crippen molar-refractivity contribution in [3.8, 4) is 22.8 Å². The van der Waals surface area contributed by atoms with Crippen LogP contribution in [0.4, 0.5) is 13.6 Å². The van der Waals surface area contributed by atoms with E-state index in [1.165, 1.54) is 4.90 Å². The fourth-order valence-corrected chi connectivity index (χ4v) is 4.85. The zero-order chi connectivity index (χ0) is 30.6. The van der Waals surface area contributed by atoms with Crippen LogP contribution in [-0.4, -0.2) is 74.9 Å². The number of halogens is 3. The molecule has 2 fully saturated rings. The number of ether oxygens (including phenoxy) is 2. The predicted molar refractivity (Wildman–Crippen MR) is 150 cm³/mol. The number of benzene rings is 2. The normalized spacial score (nSPS) is 15.0. The largest absolute Gasteiger partial charge is 0.483 e. The number of carboxylic acid groups (broad SMARTS) is 1. The average molecular weight is 605 g/mol. The predicted octanol–water partition coefficient (Wildman–Crippen LogP) is 6.00. The maximum atomic E-state index is 15.1. The Bertz CT molecular complexity index is 1460.